The average Bonchev–Trinajstić information content (AvgIpc) is 2.72. The summed E-state index contributed by atoms with van der Waals surface area (Å²) in [4.78, 5) is 2.49. The van der Waals surface area contributed by atoms with Crippen molar-refractivity contribution in [1.29, 1.82) is 0 Å². The predicted molar refractivity (Wildman–Crippen MR) is 87.1 cm³/mol. The van der Waals surface area contributed by atoms with E-state index in [2.05, 4.69) is 31.0 Å². The van der Waals surface area contributed by atoms with Crippen LogP contribution in [0.1, 0.15) is 57.1 Å². The van der Waals surface area contributed by atoms with E-state index in [4.69, 9.17) is 17.3 Å². The van der Waals surface area contributed by atoms with E-state index in [1.54, 1.807) is 0 Å². The van der Waals surface area contributed by atoms with Gasteiger partial charge in [0.25, 0.3) is 0 Å². The van der Waals surface area contributed by atoms with E-state index in [1.807, 2.05) is 12.1 Å². The van der Waals surface area contributed by atoms with Gasteiger partial charge >= 0.3 is 0 Å². The number of likely N-dealkylation sites (N-methyl/N-ethyl adjacent to an activating group) is 1. The van der Waals surface area contributed by atoms with Gasteiger partial charge < -0.3 is 5.73 Å². The van der Waals surface area contributed by atoms with Crippen molar-refractivity contribution in [3.63, 3.8) is 0 Å². The molecule has 1 aromatic carbocycles. The largest absolute Gasteiger partial charge is 0.329 e. The molecule has 1 aromatic rings. The third-order valence-corrected chi connectivity index (χ3v) is 5.31. The molecule has 112 valence electrons. The summed E-state index contributed by atoms with van der Waals surface area (Å²) in [6, 6.07) is 8.54. The van der Waals surface area contributed by atoms with Gasteiger partial charge in [0.2, 0.25) is 0 Å². The summed E-state index contributed by atoms with van der Waals surface area (Å²) in [6.45, 7) is 3.00. The summed E-state index contributed by atoms with van der Waals surface area (Å²) in [6.07, 6.45) is 7.71. The second kappa shape index (κ2) is 6.93. The molecule has 0 aliphatic heterocycles. The minimum atomic E-state index is 0.151. The smallest absolute Gasteiger partial charge is 0.0409 e. The Morgan fingerprint density at radius 1 is 1.25 bits per heavy atom. The van der Waals surface area contributed by atoms with E-state index in [1.165, 1.54) is 44.1 Å². The molecule has 2 rings (SSSR count). The molecule has 1 fully saturated rings. The van der Waals surface area contributed by atoms with Gasteiger partial charge in [-0.15, -0.1) is 0 Å². The van der Waals surface area contributed by atoms with Crippen molar-refractivity contribution >= 4 is 11.6 Å². The number of nitrogens with zero attached hydrogens (tertiary/aromatic N) is 1. The topological polar surface area (TPSA) is 29.3 Å². The van der Waals surface area contributed by atoms with Gasteiger partial charge in [-0.25, -0.2) is 0 Å². The molecule has 0 saturated heterocycles. The molecule has 1 aliphatic carbocycles. The minimum absolute atomic E-state index is 0.151. The first kappa shape index (κ1) is 15.8. The molecule has 1 unspecified atom stereocenters. The quantitative estimate of drug-likeness (QED) is 0.835. The Morgan fingerprint density at radius 2 is 1.90 bits per heavy atom. The summed E-state index contributed by atoms with van der Waals surface area (Å²) in [7, 11) is 2.23. The van der Waals surface area contributed by atoms with Crippen LogP contribution in [0.25, 0.3) is 0 Å². The maximum Gasteiger partial charge on any atom is 0.0409 e. The Labute approximate surface area is 128 Å². The molecular formula is C17H27ClN2. The Bertz CT molecular complexity index is 425. The van der Waals surface area contributed by atoms with Gasteiger partial charge in [-0.1, -0.05) is 49.4 Å². The maximum atomic E-state index is 6.19. The highest BCUT2D eigenvalue weighted by molar-refractivity contribution is 6.30. The van der Waals surface area contributed by atoms with E-state index in [-0.39, 0.29) is 5.54 Å². The zero-order valence-electron chi connectivity index (χ0n) is 12.7. The number of hydrogen-bond acceptors (Lipinski definition) is 2. The average molecular weight is 295 g/mol. The van der Waals surface area contributed by atoms with Gasteiger partial charge in [0.05, 0.1) is 0 Å². The SMILES string of the molecule is CC(c1cccc(Cl)c1)N(C)C1(CN)CCCCCC1. The molecule has 1 atom stereocenters. The van der Waals surface area contributed by atoms with Crippen LogP contribution in [0.3, 0.4) is 0 Å². The van der Waals surface area contributed by atoms with E-state index < -0.39 is 0 Å². The van der Waals surface area contributed by atoms with Gasteiger partial charge in [-0.2, -0.15) is 0 Å². The van der Waals surface area contributed by atoms with Crippen molar-refractivity contribution in [3.05, 3.63) is 34.9 Å². The molecular weight excluding hydrogens is 268 g/mol. The molecule has 0 radical (unpaired) electrons. The lowest BCUT2D eigenvalue weighted by Crippen LogP contribution is -2.52. The zero-order chi connectivity index (χ0) is 14.6. The second-order valence-electron chi connectivity index (χ2n) is 6.18. The van der Waals surface area contributed by atoms with Crippen molar-refractivity contribution in [2.24, 2.45) is 5.73 Å². The standard InChI is InChI=1S/C17H27ClN2/c1-14(15-8-7-9-16(18)12-15)20(2)17(13-19)10-5-3-4-6-11-17/h7-9,12,14H,3-6,10-11,13,19H2,1-2H3. The first-order valence-corrected chi connectivity index (χ1v) is 8.15. The Hall–Kier alpha value is -0.570. The van der Waals surface area contributed by atoms with Crippen LogP contribution in [-0.4, -0.2) is 24.0 Å². The van der Waals surface area contributed by atoms with Crippen LogP contribution in [0.15, 0.2) is 24.3 Å². The number of hydrogen-bond donors (Lipinski definition) is 1. The predicted octanol–water partition coefficient (Wildman–Crippen LogP) is 4.38. The van der Waals surface area contributed by atoms with Crippen molar-refractivity contribution in [2.75, 3.05) is 13.6 Å². The van der Waals surface area contributed by atoms with E-state index in [0.717, 1.165) is 11.6 Å². The fraction of sp³-hybridized carbons (Fsp3) is 0.647. The van der Waals surface area contributed by atoms with Gasteiger partial charge in [0.1, 0.15) is 0 Å². The summed E-state index contributed by atoms with van der Waals surface area (Å²) in [5.74, 6) is 0. The van der Waals surface area contributed by atoms with E-state index in [0.29, 0.717) is 6.04 Å². The van der Waals surface area contributed by atoms with Crippen LogP contribution in [0.4, 0.5) is 0 Å². The zero-order valence-corrected chi connectivity index (χ0v) is 13.5. The van der Waals surface area contributed by atoms with E-state index >= 15 is 0 Å². The van der Waals surface area contributed by atoms with Crippen molar-refractivity contribution in [1.82, 2.24) is 4.90 Å². The fourth-order valence-electron chi connectivity index (χ4n) is 3.49. The normalized spacial score (nSPS) is 20.6. The highest BCUT2D eigenvalue weighted by Crippen LogP contribution is 2.36. The third-order valence-electron chi connectivity index (χ3n) is 5.07. The molecule has 0 heterocycles. The van der Waals surface area contributed by atoms with Crippen LogP contribution in [0.5, 0.6) is 0 Å². The molecule has 0 spiro atoms. The Kier molecular flexibility index (Phi) is 5.48. The second-order valence-corrected chi connectivity index (χ2v) is 6.62. The first-order valence-electron chi connectivity index (χ1n) is 7.77. The maximum absolute atomic E-state index is 6.19. The third kappa shape index (κ3) is 3.36. The van der Waals surface area contributed by atoms with Crippen molar-refractivity contribution < 1.29 is 0 Å². The molecule has 0 amide bonds. The first-order chi connectivity index (χ1) is 9.59. The van der Waals surface area contributed by atoms with Gasteiger partial charge in [0, 0.05) is 23.1 Å². The van der Waals surface area contributed by atoms with Crippen molar-refractivity contribution in [2.45, 2.75) is 57.0 Å². The number of halogens is 1. The lowest BCUT2D eigenvalue weighted by molar-refractivity contribution is 0.0691. The van der Waals surface area contributed by atoms with Crippen LogP contribution >= 0.6 is 11.6 Å². The van der Waals surface area contributed by atoms with Crippen LogP contribution in [0.2, 0.25) is 5.02 Å². The molecule has 0 aromatic heterocycles. The Balaban J connectivity index is 2.20. The number of rotatable bonds is 4. The van der Waals surface area contributed by atoms with Crippen molar-refractivity contribution in [3.8, 4) is 0 Å². The molecule has 20 heavy (non-hydrogen) atoms. The number of nitrogens with two attached hydrogens (primary N) is 1. The lowest BCUT2D eigenvalue weighted by Gasteiger charge is -2.44. The highest BCUT2D eigenvalue weighted by atomic mass is 35.5. The van der Waals surface area contributed by atoms with Crippen LogP contribution in [-0.2, 0) is 0 Å². The fourth-order valence-corrected chi connectivity index (χ4v) is 3.69. The highest BCUT2D eigenvalue weighted by Gasteiger charge is 2.36. The monoisotopic (exact) mass is 294 g/mol. The van der Waals surface area contributed by atoms with E-state index in [9.17, 15) is 0 Å². The molecule has 1 saturated carbocycles. The molecule has 3 heteroatoms. The van der Waals surface area contributed by atoms with Gasteiger partial charge in [-0.3, -0.25) is 4.90 Å². The van der Waals surface area contributed by atoms with Gasteiger partial charge in [-0.05, 0) is 44.5 Å². The minimum Gasteiger partial charge on any atom is -0.329 e. The summed E-state index contributed by atoms with van der Waals surface area (Å²) >= 11 is 6.13. The van der Waals surface area contributed by atoms with Crippen LogP contribution < -0.4 is 5.73 Å². The summed E-state index contributed by atoms with van der Waals surface area (Å²) < 4.78 is 0. The summed E-state index contributed by atoms with van der Waals surface area (Å²) in [5, 5.41) is 0.811. The molecule has 2 N–H and O–H groups in total. The molecule has 2 nitrogen and oxygen atoms in total. The Morgan fingerprint density at radius 3 is 2.45 bits per heavy atom. The lowest BCUT2D eigenvalue weighted by atomic mass is 9.86. The van der Waals surface area contributed by atoms with Gasteiger partial charge in [0.15, 0.2) is 0 Å². The molecule has 0 bridgehead atoms. The summed E-state index contributed by atoms with van der Waals surface area (Å²) in [5.41, 5.74) is 7.61. The van der Waals surface area contributed by atoms with Crippen LogP contribution in [0, 0.1) is 0 Å². The molecule has 1 aliphatic rings. The number of benzene rings is 1.